The smallest absolute Gasteiger partial charge is 0.386 e. The molecule has 1 unspecified atom stereocenters. The first-order valence-electron chi connectivity index (χ1n) is 10.9. The molecule has 0 radical (unpaired) electrons. The number of nitrogens with zero attached hydrogens (tertiary/aromatic N) is 2. The Hall–Kier alpha value is -2.13. The number of nitrogens with one attached hydrogen (secondary N) is 2. The SMILES string of the molecule is CC(C)N/C(=C\C(=N)c1cnc(N)c(C(F)(F)F)c1)[C@H]1[C@@H]2CC(N3CCOCC3)C[C@@H]21. The summed E-state index contributed by atoms with van der Waals surface area (Å²) in [6, 6.07) is 1.67. The lowest BCUT2D eigenvalue weighted by atomic mass is 10.0. The monoisotopic (exact) mass is 437 g/mol. The van der Waals surface area contributed by atoms with E-state index in [9.17, 15) is 13.2 Å². The average molecular weight is 438 g/mol. The molecule has 0 bridgehead atoms. The van der Waals surface area contributed by atoms with Crippen LogP contribution >= 0.6 is 0 Å². The summed E-state index contributed by atoms with van der Waals surface area (Å²) in [6.07, 6.45) is 0.569. The second kappa shape index (κ2) is 8.43. The van der Waals surface area contributed by atoms with Gasteiger partial charge in [-0.3, -0.25) is 4.90 Å². The number of hydrogen-bond donors (Lipinski definition) is 3. The fourth-order valence-electron chi connectivity index (χ4n) is 5.17. The molecule has 1 aliphatic heterocycles. The molecule has 0 amide bonds. The van der Waals surface area contributed by atoms with Gasteiger partial charge < -0.3 is 21.2 Å². The van der Waals surface area contributed by atoms with E-state index in [1.165, 1.54) is 6.20 Å². The molecule has 6 nitrogen and oxygen atoms in total. The van der Waals surface area contributed by atoms with Gasteiger partial charge in [-0.15, -0.1) is 0 Å². The minimum Gasteiger partial charge on any atom is -0.386 e. The lowest BCUT2D eigenvalue weighted by Gasteiger charge is -2.33. The Kier molecular flexibility index (Phi) is 6.00. The van der Waals surface area contributed by atoms with Crippen molar-refractivity contribution in [2.45, 2.75) is 44.9 Å². The molecular formula is C22H30F3N5O. The molecule has 3 aliphatic rings. The van der Waals surface area contributed by atoms with Crippen molar-refractivity contribution < 1.29 is 17.9 Å². The van der Waals surface area contributed by atoms with E-state index in [0.29, 0.717) is 23.8 Å². The molecule has 31 heavy (non-hydrogen) atoms. The zero-order valence-corrected chi connectivity index (χ0v) is 17.9. The predicted molar refractivity (Wildman–Crippen MR) is 113 cm³/mol. The zero-order chi connectivity index (χ0) is 22.3. The number of rotatable bonds is 6. The van der Waals surface area contributed by atoms with Crippen LogP contribution in [0.25, 0.3) is 0 Å². The van der Waals surface area contributed by atoms with E-state index in [4.69, 9.17) is 15.9 Å². The number of hydrogen-bond acceptors (Lipinski definition) is 6. The second-order valence-corrected chi connectivity index (χ2v) is 9.09. The van der Waals surface area contributed by atoms with Crippen molar-refractivity contribution >= 4 is 11.5 Å². The molecule has 9 heteroatoms. The van der Waals surface area contributed by atoms with Crippen molar-refractivity contribution in [3.8, 4) is 0 Å². The molecule has 1 aromatic heterocycles. The number of aromatic nitrogens is 1. The third kappa shape index (κ3) is 4.72. The first-order valence-corrected chi connectivity index (χ1v) is 10.9. The molecule has 1 aromatic rings. The minimum absolute atomic E-state index is 0.0100. The van der Waals surface area contributed by atoms with Gasteiger partial charge in [0.05, 0.1) is 24.5 Å². The molecule has 4 rings (SSSR count). The lowest BCUT2D eigenvalue weighted by molar-refractivity contribution is -0.137. The van der Waals surface area contributed by atoms with Crippen molar-refractivity contribution in [2.75, 3.05) is 32.0 Å². The average Bonchev–Trinajstić information content (AvgIpc) is 3.20. The third-order valence-electron chi connectivity index (χ3n) is 6.63. The molecule has 170 valence electrons. The molecule has 1 saturated heterocycles. The van der Waals surface area contributed by atoms with Gasteiger partial charge >= 0.3 is 6.18 Å². The highest BCUT2D eigenvalue weighted by molar-refractivity contribution is 6.07. The molecular weight excluding hydrogens is 407 g/mol. The number of anilines is 1. The van der Waals surface area contributed by atoms with Crippen LogP contribution in [-0.2, 0) is 10.9 Å². The van der Waals surface area contributed by atoms with Gasteiger partial charge in [0.15, 0.2) is 0 Å². The van der Waals surface area contributed by atoms with Crippen LogP contribution in [0.4, 0.5) is 19.0 Å². The van der Waals surface area contributed by atoms with Gasteiger partial charge in [-0.05, 0) is 50.7 Å². The van der Waals surface area contributed by atoms with Crippen molar-refractivity contribution in [3.05, 3.63) is 35.2 Å². The summed E-state index contributed by atoms with van der Waals surface area (Å²) >= 11 is 0. The van der Waals surface area contributed by atoms with Crippen LogP contribution in [0.1, 0.15) is 37.8 Å². The third-order valence-corrected chi connectivity index (χ3v) is 6.63. The summed E-state index contributed by atoms with van der Waals surface area (Å²) in [6.45, 7) is 7.61. The quantitative estimate of drug-likeness (QED) is 0.595. The number of nitrogen functional groups attached to an aromatic ring is 1. The molecule has 2 heterocycles. The number of allylic oxidation sites excluding steroid dienone is 2. The Labute approximate surface area is 180 Å². The van der Waals surface area contributed by atoms with Crippen LogP contribution in [-0.4, -0.2) is 54.0 Å². The van der Waals surface area contributed by atoms with E-state index in [0.717, 1.165) is 50.9 Å². The summed E-state index contributed by atoms with van der Waals surface area (Å²) in [7, 11) is 0. The maximum Gasteiger partial charge on any atom is 0.419 e. The summed E-state index contributed by atoms with van der Waals surface area (Å²) in [5.41, 5.74) is 5.46. The molecule has 2 aliphatic carbocycles. The summed E-state index contributed by atoms with van der Waals surface area (Å²) in [4.78, 5) is 6.19. The molecule has 4 atom stereocenters. The Bertz CT molecular complexity index is 851. The summed E-state index contributed by atoms with van der Waals surface area (Å²) in [5.74, 6) is 0.894. The maximum atomic E-state index is 13.2. The zero-order valence-electron chi connectivity index (χ0n) is 17.9. The molecule has 2 saturated carbocycles. The van der Waals surface area contributed by atoms with Gasteiger partial charge in [-0.1, -0.05) is 0 Å². The number of fused-ring (bicyclic) bond motifs is 1. The standard InChI is InChI=1S/C22H30F3N5O/c1-12(2)29-19(10-18(26)13-7-17(22(23,24)25)21(27)28-11-13)20-15-8-14(9-16(15)20)30-3-5-31-6-4-30/h7,10-12,14-16,20,26,29H,3-6,8-9H2,1-2H3,(H2,27,28)/b19-10-,26-18?/t14?,15-,16+,20+. The minimum atomic E-state index is -4.60. The van der Waals surface area contributed by atoms with E-state index in [2.05, 4.69) is 15.2 Å². The van der Waals surface area contributed by atoms with Crippen LogP contribution in [0.3, 0.4) is 0 Å². The van der Waals surface area contributed by atoms with Crippen LogP contribution in [0.15, 0.2) is 24.0 Å². The highest BCUT2D eigenvalue weighted by Crippen LogP contribution is 2.61. The van der Waals surface area contributed by atoms with Crippen LogP contribution in [0, 0.1) is 23.2 Å². The van der Waals surface area contributed by atoms with E-state index in [-0.39, 0.29) is 17.3 Å². The number of morpholine rings is 1. The van der Waals surface area contributed by atoms with Gasteiger partial charge in [0, 0.05) is 48.5 Å². The highest BCUT2D eigenvalue weighted by Gasteiger charge is 2.58. The topological polar surface area (TPSA) is 87.3 Å². The van der Waals surface area contributed by atoms with E-state index >= 15 is 0 Å². The number of pyridine rings is 1. The van der Waals surface area contributed by atoms with Crippen LogP contribution in [0.5, 0.6) is 0 Å². The second-order valence-electron chi connectivity index (χ2n) is 9.09. The molecule has 0 spiro atoms. The van der Waals surface area contributed by atoms with Crippen molar-refractivity contribution in [3.63, 3.8) is 0 Å². The van der Waals surface area contributed by atoms with Crippen molar-refractivity contribution in [1.82, 2.24) is 15.2 Å². The molecule has 4 N–H and O–H groups in total. The fraction of sp³-hybridized carbons (Fsp3) is 0.636. The van der Waals surface area contributed by atoms with E-state index in [1.807, 2.05) is 13.8 Å². The molecule has 3 fully saturated rings. The van der Waals surface area contributed by atoms with Gasteiger partial charge in [-0.2, -0.15) is 13.2 Å². The highest BCUT2D eigenvalue weighted by atomic mass is 19.4. The lowest BCUT2D eigenvalue weighted by Crippen LogP contribution is -2.43. The first kappa shape index (κ1) is 22.1. The summed E-state index contributed by atoms with van der Waals surface area (Å²) in [5, 5.41) is 11.9. The Balaban J connectivity index is 1.49. The Morgan fingerprint density at radius 2 is 1.94 bits per heavy atom. The van der Waals surface area contributed by atoms with Gasteiger partial charge in [0.2, 0.25) is 0 Å². The van der Waals surface area contributed by atoms with Crippen molar-refractivity contribution in [2.24, 2.45) is 17.8 Å². The Morgan fingerprint density at radius 3 is 2.52 bits per heavy atom. The number of alkyl halides is 3. The molecule has 0 aromatic carbocycles. The van der Waals surface area contributed by atoms with Gasteiger partial charge in [-0.25, -0.2) is 4.98 Å². The van der Waals surface area contributed by atoms with Crippen LogP contribution < -0.4 is 11.1 Å². The van der Waals surface area contributed by atoms with Crippen LogP contribution in [0.2, 0.25) is 0 Å². The largest absolute Gasteiger partial charge is 0.419 e. The predicted octanol–water partition coefficient (Wildman–Crippen LogP) is 3.29. The van der Waals surface area contributed by atoms with Gasteiger partial charge in [0.1, 0.15) is 5.82 Å². The summed E-state index contributed by atoms with van der Waals surface area (Å²) < 4.78 is 45.0. The Morgan fingerprint density at radius 1 is 1.29 bits per heavy atom. The van der Waals surface area contributed by atoms with E-state index < -0.39 is 17.6 Å². The number of ether oxygens (including phenoxy) is 1. The van der Waals surface area contributed by atoms with Crippen molar-refractivity contribution in [1.29, 1.82) is 5.41 Å². The van der Waals surface area contributed by atoms with E-state index in [1.54, 1.807) is 6.08 Å². The first-order chi connectivity index (χ1) is 14.6. The van der Waals surface area contributed by atoms with Gasteiger partial charge in [0.25, 0.3) is 0 Å². The maximum absolute atomic E-state index is 13.2. The fourth-order valence-corrected chi connectivity index (χ4v) is 5.17. The normalized spacial score (nSPS) is 29.2. The number of halogens is 3. The number of nitrogens with two attached hydrogens (primary N) is 1.